The standard InChI is InChI=1S/C13H19NO3/c1-4-12(15)17-11-6-5-9-7-10(11)14(8(2)3)13(9)16/h4,8-11H,1,5-7H2,2-3H3. The summed E-state index contributed by atoms with van der Waals surface area (Å²) in [5.41, 5.74) is 0. The van der Waals surface area contributed by atoms with Crippen LogP contribution in [-0.2, 0) is 14.3 Å². The van der Waals surface area contributed by atoms with Gasteiger partial charge in [-0.15, -0.1) is 0 Å². The molecule has 1 saturated carbocycles. The molecule has 0 radical (unpaired) electrons. The fourth-order valence-electron chi connectivity index (χ4n) is 2.98. The lowest BCUT2D eigenvalue weighted by atomic mass is 9.88. The molecule has 1 saturated heterocycles. The number of nitrogens with zero attached hydrogens (tertiary/aromatic N) is 1. The summed E-state index contributed by atoms with van der Waals surface area (Å²) >= 11 is 0. The van der Waals surface area contributed by atoms with E-state index in [9.17, 15) is 9.59 Å². The highest BCUT2D eigenvalue weighted by Gasteiger charge is 2.48. The number of amides is 1. The van der Waals surface area contributed by atoms with E-state index in [1.165, 1.54) is 6.08 Å². The van der Waals surface area contributed by atoms with Crippen molar-refractivity contribution in [2.24, 2.45) is 5.92 Å². The lowest BCUT2D eigenvalue weighted by Crippen LogP contribution is -2.45. The van der Waals surface area contributed by atoms with Crippen LogP contribution in [0.1, 0.15) is 33.1 Å². The minimum absolute atomic E-state index is 0.0603. The van der Waals surface area contributed by atoms with Gasteiger partial charge in [0.15, 0.2) is 0 Å². The molecule has 2 bridgehead atoms. The predicted octanol–water partition coefficient (Wildman–Crippen LogP) is 1.50. The largest absolute Gasteiger partial charge is 0.457 e. The summed E-state index contributed by atoms with van der Waals surface area (Å²) in [6.07, 6.45) is 3.46. The third kappa shape index (κ3) is 2.08. The van der Waals surface area contributed by atoms with Gasteiger partial charge < -0.3 is 9.64 Å². The van der Waals surface area contributed by atoms with Crippen LogP contribution in [0.5, 0.6) is 0 Å². The topological polar surface area (TPSA) is 46.6 Å². The van der Waals surface area contributed by atoms with Crippen LogP contribution < -0.4 is 0 Å². The zero-order valence-electron chi connectivity index (χ0n) is 10.4. The quantitative estimate of drug-likeness (QED) is 0.552. The van der Waals surface area contributed by atoms with Crippen LogP contribution in [0.2, 0.25) is 0 Å². The summed E-state index contributed by atoms with van der Waals surface area (Å²) in [5.74, 6) is -0.0280. The zero-order chi connectivity index (χ0) is 12.6. The molecule has 0 aromatic heterocycles. The third-order valence-electron chi connectivity index (χ3n) is 3.71. The normalized spacial score (nSPS) is 31.8. The second-order valence-corrected chi connectivity index (χ2v) is 5.10. The van der Waals surface area contributed by atoms with Crippen molar-refractivity contribution in [3.8, 4) is 0 Å². The van der Waals surface area contributed by atoms with Gasteiger partial charge in [0.1, 0.15) is 6.10 Å². The van der Waals surface area contributed by atoms with Crippen molar-refractivity contribution in [3.05, 3.63) is 12.7 Å². The van der Waals surface area contributed by atoms with E-state index in [1.54, 1.807) is 0 Å². The molecule has 0 aromatic rings. The summed E-state index contributed by atoms with van der Waals surface area (Å²) in [6, 6.07) is 0.227. The number of carbonyl (C=O) groups excluding carboxylic acids is 2. The van der Waals surface area contributed by atoms with Crippen LogP contribution in [0.4, 0.5) is 0 Å². The Balaban J connectivity index is 2.14. The molecule has 0 spiro atoms. The van der Waals surface area contributed by atoms with Crippen LogP contribution in [0.3, 0.4) is 0 Å². The van der Waals surface area contributed by atoms with Crippen molar-refractivity contribution >= 4 is 11.9 Å². The van der Waals surface area contributed by atoms with Gasteiger partial charge in [-0.25, -0.2) is 4.79 Å². The minimum atomic E-state index is -0.392. The number of likely N-dealkylation sites (tertiary alicyclic amines) is 1. The number of esters is 1. The first-order chi connectivity index (χ1) is 8.04. The molecule has 2 aliphatic rings. The van der Waals surface area contributed by atoms with Gasteiger partial charge in [0.05, 0.1) is 6.04 Å². The fourth-order valence-corrected chi connectivity index (χ4v) is 2.98. The molecule has 94 valence electrons. The van der Waals surface area contributed by atoms with E-state index in [2.05, 4.69) is 6.58 Å². The van der Waals surface area contributed by atoms with Gasteiger partial charge in [-0.3, -0.25) is 4.79 Å². The lowest BCUT2D eigenvalue weighted by molar-refractivity contribution is -0.149. The van der Waals surface area contributed by atoms with Crippen LogP contribution in [0.15, 0.2) is 12.7 Å². The Morgan fingerprint density at radius 2 is 2.24 bits per heavy atom. The molecule has 3 atom stereocenters. The SMILES string of the molecule is C=CC(=O)OC1CCC2CC1N(C(C)C)C2=O. The van der Waals surface area contributed by atoms with Gasteiger partial charge in [-0.2, -0.15) is 0 Å². The fraction of sp³-hybridized carbons (Fsp3) is 0.692. The van der Waals surface area contributed by atoms with Gasteiger partial charge in [-0.05, 0) is 33.1 Å². The number of rotatable bonds is 3. The molecule has 3 unspecified atom stereocenters. The number of hydrogen-bond donors (Lipinski definition) is 0. The average molecular weight is 237 g/mol. The summed E-state index contributed by atoms with van der Waals surface area (Å²) in [5, 5.41) is 0. The van der Waals surface area contributed by atoms with Crippen LogP contribution in [0, 0.1) is 5.92 Å². The second kappa shape index (κ2) is 4.51. The van der Waals surface area contributed by atoms with E-state index < -0.39 is 5.97 Å². The molecule has 0 aromatic carbocycles. The van der Waals surface area contributed by atoms with Crippen molar-refractivity contribution in [2.75, 3.05) is 0 Å². The number of fused-ring (bicyclic) bond motifs is 2. The van der Waals surface area contributed by atoms with Gasteiger partial charge in [-0.1, -0.05) is 6.58 Å². The van der Waals surface area contributed by atoms with Crippen molar-refractivity contribution in [1.82, 2.24) is 4.90 Å². The van der Waals surface area contributed by atoms with Gasteiger partial charge in [0.2, 0.25) is 5.91 Å². The summed E-state index contributed by atoms with van der Waals surface area (Å²) < 4.78 is 5.35. The highest BCUT2D eigenvalue weighted by Crippen LogP contribution is 2.39. The Labute approximate surface area is 102 Å². The van der Waals surface area contributed by atoms with Gasteiger partial charge >= 0.3 is 5.97 Å². The number of carbonyl (C=O) groups is 2. The third-order valence-corrected chi connectivity index (χ3v) is 3.71. The van der Waals surface area contributed by atoms with Gasteiger partial charge in [0, 0.05) is 18.0 Å². The highest BCUT2D eigenvalue weighted by atomic mass is 16.5. The zero-order valence-corrected chi connectivity index (χ0v) is 10.4. The predicted molar refractivity (Wildman–Crippen MR) is 63.2 cm³/mol. The van der Waals surface area contributed by atoms with Gasteiger partial charge in [0.25, 0.3) is 0 Å². The maximum atomic E-state index is 12.1. The summed E-state index contributed by atoms with van der Waals surface area (Å²) in [4.78, 5) is 25.3. The molecular weight excluding hydrogens is 218 g/mol. The van der Waals surface area contributed by atoms with Crippen LogP contribution in [0.25, 0.3) is 0 Å². The summed E-state index contributed by atoms with van der Waals surface area (Å²) in [7, 11) is 0. The Morgan fingerprint density at radius 3 is 2.82 bits per heavy atom. The molecule has 1 heterocycles. The molecule has 4 heteroatoms. The Morgan fingerprint density at radius 1 is 1.53 bits per heavy atom. The molecule has 1 amide bonds. The summed E-state index contributed by atoms with van der Waals surface area (Å²) in [6.45, 7) is 7.41. The Kier molecular flexibility index (Phi) is 3.22. The molecule has 17 heavy (non-hydrogen) atoms. The van der Waals surface area contributed by atoms with Crippen molar-refractivity contribution < 1.29 is 14.3 Å². The second-order valence-electron chi connectivity index (χ2n) is 5.10. The number of ether oxygens (including phenoxy) is 1. The van der Waals surface area contributed by atoms with E-state index >= 15 is 0 Å². The van der Waals surface area contributed by atoms with Crippen molar-refractivity contribution in [2.45, 2.75) is 51.3 Å². The first kappa shape index (κ1) is 12.1. The van der Waals surface area contributed by atoms with E-state index in [0.717, 1.165) is 19.3 Å². The molecule has 1 aliphatic carbocycles. The van der Waals surface area contributed by atoms with E-state index in [-0.39, 0.29) is 30.0 Å². The maximum Gasteiger partial charge on any atom is 0.330 e. The lowest BCUT2D eigenvalue weighted by Gasteiger charge is -2.33. The molecule has 2 fully saturated rings. The minimum Gasteiger partial charge on any atom is -0.457 e. The monoisotopic (exact) mass is 237 g/mol. The first-order valence-corrected chi connectivity index (χ1v) is 6.19. The number of hydrogen-bond acceptors (Lipinski definition) is 3. The average Bonchev–Trinajstić information content (AvgIpc) is 2.56. The Bertz CT molecular complexity index is 351. The molecule has 2 rings (SSSR count). The molecular formula is C13H19NO3. The van der Waals surface area contributed by atoms with Crippen molar-refractivity contribution in [3.63, 3.8) is 0 Å². The Hall–Kier alpha value is -1.32. The molecule has 4 nitrogen and oxygen atoms in total. The first-order valence-electron chi connectivity index (χ1n) is 6.19. The molecule has 0 N–H and O–H groups in total. The maximum absolute atomic E-state index is 12.1. The van der Waals surface area contributed by atoms with Crippen LogP contribution in [-0.4, -0.2) is 35.0 Å². The smallest absolute Gasteiger partial charge is 0.330 e. The highest BCUT2D eigenvalue weighted by molar-refractivity contribution is 5.83. The van der Waals surface area contributed by atoms with Crippen molar-refractivity contribution in [1.29, 1.82) is 0 Å². The van der Waals surface area contributed by atoms with Crippen LogP contribution >= 0.6 is 0 Å². The van der Waals surface area contributed by atoms with E-state index in [0.29, 0.717) is 0 Å². The van der Waals surface area contributed by atoms with E-state index in [1.807, 2.05) is 18.7 Å². The van der Waals surface area contributed by atoms with E-state index in [4.69, 9.17) is 4.74 Å². The molecule has 1 aliphatic heterocycles.